The van der Waals surface area contributed by atoms with Crippen LogP contribution in [0.15, 0.2) is 23.1 Å². The van der Waals surface area contributed by atoms with Crippen LogP contribution in [0.1, 0.15) is 18.9 Å². The first-order chi connectivity index (χ1) is 9.73. The summed E-state index contributed by atoms with van der Waals surface area (Å²) in [7, 11) is -3.72. The summed E-state index contributed by atoms with van der Waals surface area (Å²) in [6.45, 7) is 4.17. The van der Waals surface area contributed by atoms with Crippen LogP contribution in [0.4, 0.5) is 5.69 Å². The second-order valence-corrected chi connectivity index (χ2v) is 7.44. The number of piperidine rings is 1. The van der Waals surface area contributed by atoms with E-state index < -0.39 is 14.9 Å². The van der Waals surface area contributed by atoms with E-state index in [1.54, 1.807) is 6.92 Å². The van der Waals surface area contributed by atoms with E-state index in [2.05, 4.69) is 0 Å². The van der Waals surface area contributed by atoms with Crippen molar-refractivity contribution >= 4 is 28.1 Å². The number of nitrogens with zero attached hydrogens (tertiary/aromatic N) is 2. The molecule has 0 saturated carbocycles. The van der Waals surface area contributed by atoms with Gasteiger partial charge in [-0.3, -0.25) is 10.1 Å². The van der Waals surface area contributed by atoms with Gasteiger partial charge >= 0.3 is 0 Å². The third kappa shape index (κ3) is 3.57. The minimum absolute atomic E-state index is 0. The van der Waals surface area contributed by atoms with Crippen LogP contribution < -0.4 is 5.73 Å². The summed E-state index contributed by atoms with van der Waals surface area (Å²) in [5, 5.41) is 11.0. The lowest BCUT2D eigenvalue weighted by Crippen LogP contribution is -2.48. The Morgan fingerprint density at radius 2 is 2.05 bits per heavy atom. The summed E-state index contributed by atoms with van der Waals surface area (Å²) in [4.78, 5) is 10.3. The molecule has 7 nitrogen and oxygen atoms in total. The fourth-order valence-corrected chi connectivity index (χ4v) is 4.02. The summed E-state index contributed by atoms with van der Waals surface area (Å²) in [6.07, 6.45) is 0.592. The topological polar surface area (TPSA) is 107 Å². The SMILES string of the molecule is Cc1ccc(S(=O)(=O)N2CCC(N)C(C)C2)cc1[N+](=O)[O-].Cl. The average Bonchev–Trinajstić information content (AvgIpc) is 2.41. The van der Waals surface area contributed by atoms with Crippen molar-refractivity contribution in [2.24, 2.45) is 11.7 Å². The Bertz CT molecular complexity index is 665. The molecule has 22 heavy (non-hydrogen) atoms. The van der Waals surface area contributed by atoms with Gasteiger partial charge in [0.2, 0.25) is 10.0 Å². The molecule has 124 valence electrons. The molecule has 1 saturated heterocycles. The van der Waals surface area contributed by atoms with E-state index in [0.717, 1.165) is 6.07 Å². The van der Waals surface area contributed by atoms with E-state index in [-0.39, 0.29) is 34.9 Å². The van der Waals surface area contributed by atoms with Crippen molar-refractivity contribution in [3.63, 3.8) is 0 Å². The Balaban J connectivity index is 0.00000242. The standard InChI is InChI=1S/C13H19N3O4S.ClH/c1-9-3-4-11(7-13(9)16(17)18)21(19,20)15-6-5-12(14)10(2)8-15;/h3-4,7,10,12H,5-6,8,14H2,1-2H3;1H. The zero-order valence-electron chi connectivity index (χ0n) is 12.4. The molecule has 2 N–H and O–H groups in total. The molecular formula is C13H20ClN3O4S. The van der Waals surface area contributed by atoms with Gasteiger partial charge in [0.05, 0.1) is 9.82 Å². The van der Waals surface area contributed by atoms with Crippen LogP contribution >= 0.6 is 12.4 Å². The molecule has 0 amide bonds. The predicted molar refractivity (Wildman–Crippen MR) is 85.6 cm³/mol. The van der Waals surface area contributed by atoms with E-state index in [1.165, 1.54) is 16.4 Å². The molecule has 0 aliphatic carbocycles. The maximum Gasteiger partial charge on any atom is 0.273 e. The molecule has 1 aromatic rings. The molecule has 1 heterocycles. The van der Waals surface area contributed by atoms with Crippen molar-refractivity contribution in [3.8, 4) is 0 Å². The van der Waals surface area contributed by atoms with E-state index in [1.807, 2.05) is 6.92 Å². The van der Waals surface area contributed by atoms with E-state index in [4.69, 9.17) is 5.73 Å². The smallest absolute Gasteiger partial charge is 0.273 e. The quantitative estimate of drug-likeness (QED) is 0.660. The van der Waals surface area contributed by atoms with Crippen molar-refractivity contribution in [3.05, 3.63) is 33.9 Å². The van der Waals surface area contributed by atoms with Crippen molar-refractivity contribution in [2.75, 3.05) is 13.1 Å². The lowest BCUT2D eigenvalue weighted by molar-refractivity contribution is -0.385. The van der Waals surface area contributed by atoms with Crippen molar-refractivity contribution in [1.82, 2.24) is 4.31 Å². The largest absolute Gasteiger partial charge is 0.327 e. The van der Waals surface area contributed by atoms with E-state index in [9.17, 15) is 18.5 Å². The summed E-state index contributed by atoms with van der Waals surface area (Å²) in [6, 6.07) is 3.99. The summed E-state index contributed by atoms with van der Waals surface area (Å²) in [5.74, 6) is 0.0639. The average molecular weight is 350 g/mol. The van der Waals surface area contributed by atoms with Gasteiger partial charge in [-0.1, -0.05) is 13.0 Å². The van der Waals surface area contributed by atoms with Gasteiger partial charge in [-0.2, -0.15) is 4.31 Å². The first-order valence-electron chi connectivity index (χ1n) is 6.74. The highest BCUT2D eigenvalue weighted by Crippen LogP contribution is 2.27. The molecule has 0 radical (unpaired) electrons. The third-order valence-electron chi connectivity index (χ3n) is 3.95. The Labute approximate surface area is 136 Å². The third-order valence-corrected chi connectivity index (χ3v) is 5.81. The molecule has 1 fully saturated rings. The van der Waals surface area contributed by atoms with Gasteiger partial charge < -0.3 is 5.73 Å². The van der Waals surface area contributed by atoms with Crippen molar-refractivity contribution < 1.29 is 13.3 Å². The number of aryl methyl sites for hydroxylation is 1. The molecule has 0 aromatic heterocycles. The van der Waals surface area contributed by atoms with Gasteiger partial charge in [-0.05, 0) is 25.3 Å². The number of nitro groups is 1. The number of rotatable bonds is 3. The monoisotopic (exact) mass is 349 g/mol. The molecule has 2 unspecified atom stereocenters. The zero-order chi connectivity index (χ0) is 15.8. The Morgan fingerprint density at radius 3 is 2.59 bits per heavy atom. The molecule has 0 spiro atoms. The fraction of sp³-hybridized carbons (Fsp3) is 0.538. The zero-order valence-corrected chi connectivity index (χ0v) is 14.1. The van der Waals surface area contributed by atoms with Gasteiger partial charge in [0, 0.05) is 30.8 Å². The Morgan fingerprint density at radius 1 is 1.41 bits per heavy atom. The highest BCUT2D eigenvalue weighted by molar-refractivity contribution is 7.89. The minimum Gasteiger partial charge on any atom is -0.327 e. The molecule has 1 aliphatic rings. The number of nitrogens with two attached hydrogens (primary N) is 1. The molecule has 2 atom stereocenters. The predicted octanol–water partition coefficient (Wildman–Crippen LogP) is 1.68. The fourth-order valence-electron chi connectivity index (χ4n) is 2.44. The van der Waals surface area contributed by atoms with E-state index in [0.29, 0.717) is 25.1 Å². The lowest BCUT2D eigenvalue weighted by Gasteiger charge is -2.34. The van der Waals surface area contributed by atoms with Crippen LogP contribution in [0.25, 0.3) is 0 Å². The molecule has 1 aliphatic heterocycles. The molecule has 9 heteroatoms. The van der Waals surface area contributed by atoms with Crippen LogP contribution in [-0.2, 0) is 10.0 Å². The van der Waals surface area contributed by atoms with E-state index >= 15 is 0 Å². The maximum absolute atomic E-state index is 12.6. The van der Waals surface area contributed by atoms with Crippen LogP contribution in [0.2, 0.25) is 0 Å². The number of hydrogen-bond acceptors (Lipinski definition) is 5. The maximum atomic E-state index is 12.6. The second kappa shape index (κ2) is 6.91. The van der Waals surface area contributed by atoms with Crippen LogP contribution in [0.5, 0.6) is 0 Å². The van der Waals surface area contributed by atoms with Gasteiger partial charge in [0.25, 0.3) is 5.69 Å². The summed E-state index contributed by atoms with van der Waals surface area (Å²) >= 11 is 0. The summed E-state index contributed by atoms with van der Waals surface area (Å²) < 4.78 is 26.5. The van der Waals surface area contributed by atoms with Gasteiger partial charge in [-0.15, -0.1) is 12.4 Å². The molecule has 1 aromatic carbocycles. The molecule has 0 bridgehead atoms. The highest BCUT2D eigenvalue weighted by atomic mass is 35.5. The van der Waals surface area contributed by atoms with Gasteiger partial charge in [0.15, 0.2) is 0 Å². The Kier molecular flexibility index (Phi) is 5.91. The number of hydrogen-bond donors (Lipinski definition) is 1. The number of halogens is 1. The van der Waals surface area contributed by atoms with Gasteiger partial charge in [0.1, 0.15) is 0 Å². The first kappa shape index (κ1) is 18.8. The highest BCUT2D eigenvalue weighted by Gasteiger charge is 2.32. The van der Waals surface area contributed by atoms with Crippen molar-refractivity contribution in [2.45, 2.75) is 31.2 Å². The lowest BCUT2D eigenvalue weighted by atomic mass is 9.96. The van der Waals surface area contributed by atoms with Gasteiger partial charge in [-0.25, -0.2) is 8.42 Å². The summed E-state index contributed by atoms with van der Waals surface area (Å²) in [5.41, 5.74) is 6.15. The number of sulfonamides is 1. The van der Waals surface area contributed by atoms with Crippen LogP contribution in [-0.4, -0.2) is 36.8 Å². The molecular weight excluding hydrogens is 330 g/mol. The van der Waals surface area contributed by atoms with Crippen molar-refractivity contribution in [1.29, 1.82) is 0 Å². The first-order valence-corrected chi connectivity index (χ1v) is 8.18. The Hall–Kier alpha value is -1.22. The number of benzene rings is 1. The van der Waals surface area contributed by atoms with Crippen LogP contribution in [0.3, 0.4) is 0 Å². The number of nitro benzene ring substituents is 1. The second-order valence-electron chi connectivity index (χ2n) is 5.50. The van der Waals surface area contributed by atoms with Crippen LogP contribution in [0, 0.1) is 23.0 Å². The normalized spacial score (nSPS) is 22.9. The minimum atomic E-state index is -3.72. The molecule has 2 rings (SSSR count).